The minimum absolute atomic E-state index is 0.0286. The second-order valence-corrected chi connectivity index (χ2v) is 11.4. The Labute approximate surface area is 221 Å². The zero-order valence-electron chi connectivity index (χ0n) is 20.1. The first-order chi connectivity index (χ1) is 18.1. The molecule has 0 radical (unpaired) electrons. The Bertz CT molecular complexity index is 1400. The van der Waals surface area contributed by atoms with Gasteiger partial charge in [-0.2, -0.15) is 0 Å². The molecule has 38 heavy (non-hydrogen) atoms. The third kappa shape index (κ3) is 7.00. The third-order valence-electron chi connectivity index (χ3n) is 5.36. The summed E-state index contributed by atoms with van der Waals surface area (Å²) < 4.78 is 92.9. The van der Waals surface area contributed by atoms with Crippen molar-refractivity contribution in [3.05, 3.63) is 120 Å². The fraction of sp³-hybridized carbons (Fsp3) is 0.143. The van der Waals surface area contributed by atoms with Gasteiger partial charge in [0.2, 0.25) is 5.82 Å². The van der Waals surface area contributed by atoms with Crippen molar-refractivity contribution in [1.29, 1.82) is 0 Å². The van der Waals surface area contributed by atoms with Gasteiger partial charge in [-0.05, 0) is 54.8 Å². The van der Waals surface area contributed by atoms with Crippen LogP contribution in [-0.2, 0) is 27.4 Å². The molecule has 4 rings (SSSR count). The number of unbranched alkanes of at least 4 members (excludes halogenated alkanes) is 1. The highest BCUT2D eigenvalue weighted by Gasteiger charge is 2.29. The van der Waals surface area contributed by atoms with Crippen LogP contribution in [0.1, 0.15) is 25.3 Å². The Kier molecular flexibility index (Phi) is 10.1. The maximum atomic E-state index is 12.6. The fourth-order valence-electron chi connectivity index (χ4n) is 3.50. The average Bonchev–Trinajstić information content (AvgIpc) is 2.91. The van der Waals surface area contributed by atoms with Crippen LogP contribution in [-0.4, -0.2) is 13.0 Å². The quantitative estimate of drug-likeness (QED) is 0.0770. The van der Waals surface area contributed by atoms with Gasteiger partial charge in [-0.25, -0.2) is 30.4 Å². The van der Waals surface area contributed by atoms with Crippen molar-refractivity contribution in [3.63, 3.8) is 0 Å². The highest BCUT2D eigenvalue weighted by atomic mass is 32.2. The molecule has 0 saturated carbocycles. The molecule has 200 valence electrons. The van der Waals surface area contributed by atoms with Crippen LogP contribution in [0.4, 0.5) is 22.0 Å². The van der Waals surface area contributed by atoms with Crippen molar-refractivity contribution < 1.29 is 34.9 Å². The molecule has 0 bridgehead atoms. The van der Waals surface area contributed by atoms with Gasteiger partial charge < -0.3 is 4.55 Å². The Hall–Kier alpha value is -3.21. The van der Waals surface area contributed by atoms with E-state index in [2.05, 4.69) is 91.9 Å². The number of rotatable bonds is 7. The molecule has 3 nitrogen and oxygen atoms in total. The number of aryl methyl sites for hydroxylation is 1. The average molecular weight is 567 g/mol. The van der Waals surface area contributed by atoms with Crippen LogP contribution >= 0.6 is 0 Å². The van der Waals surface area contributed by atoms with E-state index in [1.165, 1.54) is 39.5 Å². The van der Waals surface area contributed by atoms with Crippen molar-refractivity contribution in [2.24, 2.45) is 0 Å². The van der Waals surface area contributed by atoms with Gasteiger partial charge in [0.15, 0.2) is 38.0 Å². The molecule has 0 N–H and O–H groups in total. The van der Waals surface area contributed by atoms with Gasteiger partial charge in [0.25, 0.3) is 0 Å². The highest BCUT2D eigenvalue weighted by molar-refractivity contribution is 7.97. The van der Waals surface area contributed by atoms with Crippen LogP contribution in [0.15, 0.2) is 105 Å². The Morgan fingerprint density at radius 1 is 0.632 bits per heavy atom. The molecule has 0 atom stereocenters. The Morgan fingerprint density at radius 2 is 1.03 bits per heavy atom. The lowest BCUT2D eigenvalue weighted by Crippen LogP contribution is -2.12. The molecule has 0 spiro atoms. The molecule has 0 heterocycles. The number of halogens is 5. The van der Waals surface area contributed by atoms with Gasteiger partial charge >= 0.3 is 0 Å². The number of benzene rings is 4. The summed E-state index contributed by atoms with van der Waals surface area (Å²) in [5, 5.41) is 0. The lowest BCUT2D eigenvalue weighted by atomic mass is 10.1. The molecule has 0 aliphatic heterocycles. The third-order valence-corrected chi connectivity index (χ3v) is 8.44. The van der Waals surface area contributed by atoms with Crippen LogP contribution in [0.5, 0.6) is 0 Å². The molecule has 10 heteroatoms. The van der Waals surface area contributed by atoms with Gasteiger partial charge in [0, 0.05) is 0 Å². The van der Waals surface area contributed by atoms with Gasteiger partial charge in [-0.15, -0.1) is 0 Å². The second-order valence-electron chi connectivity index (χ2n) is 8.03. The fourth-order valence-corrected chi connectivity index (χ4v) is 6.20. The zero-order valence-corrected chi connectivity index (χ0v) is 21.8. The number of hydrogen-bond acceptors (Lipinski definition) is 3. The summed E-state index contributed by atoms with van der Waals surface area (Å²) in [6.07, 6.45) is 3.70. The summed E-state index contributed by atoms with van der Waals surface area (Å²) in [5.41, 5.74) is 1.44. The Morgan fingerprint density at radius 3 is 1.42 bits per heavy atom. The molecule has 0 fully saturated rings. The molecule has 4 aromatic rings. The van der Waals surface area contributed by atoms with Crippen LogP contribution in [0.25, 0.3) is 0 Å². The maximum Gasteiger partial charge on any atom is 0.200 e. The largest absolute Gasteiger partial charge is 0.744 e. The second kappa shape index (κ2) is 13.0. The van der Waals surface area contributed by atoms with E-state index in [0.29, 0.717) is 0 Å². The summed E-state index contributed by atoms with van der Waals surface area (Å²) in [6, 6.07) is 30.9. The predicted molar refractivity (Wildman–Crippen MR) is 134 cm³/mol. The van der Waals surface area contributed by atoms with Crippen molar-refractivity contribution in [3.8, 4) is 0 Å². The SMILES string of the molecule is CCCCc1ccc([S+](c2ccccc2)c2ccccc2)cc1.O=S(=O)([O-])c1c(F)c(F)c(F)c(F)c1F. The highest BCUT2D eigenvalue weighted by Crippen LogP contribution is 2.31. The molecule has 0 aliphatic rings. The van der Waals surface area contributed by atoms with Gasteiger partial charge in [0.05, 0.1) is 10.9 Å². The van der Waals surface area contributed by atoms with Crippen LogP contribution in [0.2, 0.25) is 0 Å². The summed E-state index contributed by atoms with van der Waals surface area (Å²) in [6.45, 7) is 2.25. The molecule has 0 saturated heterocycles. The van der Waals surface area contributed by atoms with Crippen molar-refractivity contribution in [2.45, 2.75) is 45.8 Å². The molecule has 0 amide bonds. The minimum atomic E-state index is -5.77. The molecule has 0 unspecified atom stereocenters. The molecule has 0 aliphatic carbocycles. The van der Waals surface area contributed by atoms with E-state index >= 15 is 0 Å². The van der Waals surface area contributed by atoms with Crippen LogP contribution in [0, 0.1) is 29.1 Å². The first-order valence-electron chi connectivity index (χ1n) is 11.5. The molecule has 4 aromatic carbocycles. The molecular weight excluding hydrogens is 543 g/mol. The summed E-state index contributed by atoms with van der Waals surface area (Å²) >= 11 is 0. The standard InChI is InChI=1S/C22H23S.C6HF5O3S/c1-2-3-10-19-15-17-22(18-16-19)23(20-11-6-4-7-12-20)21-13-8-5-9-14-21;7-1-2(8)4(10)6(15(12,13)14)5(11)3(1)9/h4-9,11-18H,2-3,10H2,1H3;(H,12,13,14)/q+1;/p-1. The first kappa shape index (κ1) is 29.3. The van der Waals surface area contributed by atoms with E-state index in [1.54, 1.807) is 0 Å². The summed E-state index contributed by atoms with van der Waals surface area (Å²) in [7, 11) is -5.80. The van der Waals surface area contributed by atoms with Gasteiger partial charge in [-0.3, -0.25) is 0 Å². The smallest absolute Gasteiger partial charge is 0.200 e. The topological polar surface area (TPSA) is 57.2 Å². The van der Waals surface area contributed by atoms with E-state index in [0.717, 1.165) is 0 Å². The van der Waals surface area contributed by atoms with E-state index in [4.69, 9.17) is 0 Å². The lowest BCUT2D eigenvalue weighted by Gasteiger charge is -2.10. The zero-order chi connectivity index (χ0) is 27.9. The van der Waals surface area contributed by atoms with Crippen molar-refractivity contribution in [1.82, 2.24) is 0 Å². The summed E-state index contributed by atoms with van der Waals surface area (Å²) in [4.78, 5) is 1.77. The normalized spacial score (nSPS) is 11.3. The molecule has 0 aromatic heterocycles. The van der Waals surface area contributed by atoms with Gasteiger partial charge in [0.1, 0.15) is 15.0 Å². The van der Waals surface area contributed by atoms with E-state index < -0.39 is 44.1 Å². The van der Waals surface area contributed by atoms with Crippen molar-refractivity contribution >= 4 is 21.0 Å². The number of hydrogen-bond donors (Lipinski definition) is 0. The van der Waals surface area contributed by atoms with E-state index in [9.17, 15) is 34.9 Å². The minimum Gasteiger partial charge on any atom is -0.744 e. The van der Waals surface area contributed by atoms with E-state index in [-0.39, 0.29) is 10.9 Å². The van der Waals surface area contributed by atoms with Crippen molar-refractivity contribution in [2.75, 3.05) is 0 Å². The lowest BCUT2D eigenvalue weighted by molar-refractivity contribution is 0.350. The monoisotopic (exact) mass is 566 g/mol. The van der Waals surface area contributed by atoms with E-state index in [1.807, 2.05) is 0 Å². The molecular formula is C28H23F5O3S2. The summed E-state index contributed by atoms with van der Waals surface area (Å²) in [5.74, 6) is -12.8. The first-order valence-corrected chi connectivity index (χ1v) is 14.1. The van der Waals surface area contributed by atoms with Crippen LogP contribution < -0.4 is 0 Å². The maximum absolute atomic E-state index is 12.6. The van der Waals surface area contributed by atoms with Gasteiger partial charge in [-0.1, -0.05) is 61.9 Å². The predicted octanol–water partition coefficient (Wildman–Crippen LogP) is 7.41. The van der Waals surface area contributed by atoms with Crippen LogP contribution in [0.3, 0.4) is 0 Å². The Balaban J connectivity index is 0.000000232.